The maximum Gasteiger partial charge on any atom is 0.161 e. The van der Waals surface area contributed by atoms with Crippen LogP contribution in [-0.2, 0) is 16.6 Å². The molecule has 114 valence electrons. The highest BCUT2D eigenvalue weighted by atomic mass is 16.6. The van der Waals surface area contributed by atoms with Crippen LogP contribution in [0.1, 0.15) is 23.6 Å². The van der Waals surface area contributed by atoms with E-state index in [2.05, 4.69) is 0 Å². The van der Waals surface area contributed by atoms with Crippen LogP contribution in [-0.4, -0.2) is 19.5 Å². The molecule has 22 heavy (non-hydrogen) atoms. The van der Waals surface area contributed by atoms with Crippen LogP contribution in [0.4, 0.5) is 0 Å². The molecule has 0 saturated heterocycles. The van der Waals surface area contributed by atoms with Crippen LogP contribution in [0.15, 0.2) is 42.5 Å². The number of aryl methyl sites for hydroxylation is 1. The van der Waals surface area contributed by atoms with Gasteiger partial charge in [0, 0.05) is 0 Å². The summed E-state index contributed by atoms with van der Waals surface area (Å²) in [7, 11) is 0. The molecular formula is C19H20O3. The van der Waals surface area contributed by atoms with Crippen molar-refractivity contribution in [2.75, 3.05) is 13.2 Å². The van der Waals surface area contributed by atoms with Crippen LogP contribution in [0.2, 0.25) is 0 Å². The van der Waals surface area contributed by atoms with Gasteiger partial charge in [-0.15, -0.1) is 0 Å². The predicted molar refractivity (Wildman–Crippen MR) is 85.7 cm³/mol. The summed E-state index contributed by atoms with van der Waals surface area (Å²) in [6.07, 6.45) is 1.67. The van der Waals surface area contributed by atoms with Crippen molar-refractivity contribution in [2.24, 2.45) is 0 Å². The maximum absolute atomic E-state index is 11.7. The summed E-state index contributed by atoms with van der Waals surface area (Å²) in [6.45, 7) is 5.17. The third-order valence-electron chi connectivity index (χ3n) is 4.15. The van der Waals surface area contributed by atoms with E-state index in [-0.39, 0.29) is 0 Å². The van der Waals surface area contributed by atoms with Gasteiger partial charge in [-0.1, -0.05) is 35.9 Å². The Hall–Kier alpha value is -2.29. The Kier molecular flexibility index (Phi) is 3.88. The third kappa shape index (κ3) is 2.84. The molecule has 0 spiro atoms. The summed E-state index contributed by atoms with van der Waals surface area (Å²) in [5.74, 6) is 1.54. The summed E-state index contributed by atoms with van der Waals surface area (Å²) in [6, 6.07) is 14.0. The van der Waals surface area contributed by atoms with Crippen molar-refractivity contribution < 1.29 is 14.3 Å². The highest BCUT2D eigenvalue weighted by molar-refractivity contribution is 5.69. The first-order chi connectivity index (χ1) is 10.6. The average Bonchev–Trinajstić information content (AvgIpc) is 2.55. The molecule has 1 aliphatic heterocycles. The highest BCUT2D eigenvalue weighted by Crippen LogP contribution is 2.34. The predicted octanol–water partition coefficient (Wildman–Crippen LogP) is 3.47. The first-order valence-corrected chi connectivity index (χ1v) is 7.53. The van der Waals surface area contributed by atoms with Crippen LogP contribution in [0.5, 0.6) is 11.5 Å². The third-order valence-corrected chi connectivity index (χ3v) is 4.15. The van der Waals surface area contributed by atoms with E-state index in [0.29, 0.717) is 19.6 Å². The number of fused-ring (bicyclic) bond motifs is 1. The van der Waals surface area contributed by atoms with Gasteiger partial charge in [0.05, 0.1) is 5.41 Å². The SMILES string of the molecule is Cc1ccc(C(C)(C=O)Cc2ccc3c(c2)OCCO3)cc1. The number of hydrogen-bond donors (Lipinski definition) is 0. The minimum Gasteiger partial charge on any atom is -0.486 e. The molecule has 0 aromatic heterocycles. The maximum atomic E-state index is 11.7. The van der Waals surface area contributed by atoms with Crippen LogP contribution in [0.3, 0.4) is 0 Å². The molecule has 0 amide bonds. The van der Waals surface area contributed by atoms with Gasteiger partial charge in [0.1, 0.15) is 19.5 Å². The van der Waals surface area contributed by atoms with E-state index in [1.165, 1.54) is 5.56 Å². The fourth-order valence-corrected chi connectivity index (χ4v) is 2.77. The highest BCUT2D eigenvalue weighted by Gasteiger charge is 2.27. The molecule has 1 heterocycles. The molecule has 0 radical (unpaired) electrons. The van der Waals surface area contributed by atoms with E-state index in [9.17, 15) is 4.79 Å². The lowest BCUT2D eigenvalue weighted by Gasteiger charge is -2.25. The normalized spacial score (nSPS) is 15.9. The van der Waals surface area contributed by atoms with Gasteiger partial charge in [0.2, 0.25) is 0 Å². The zero-order valence-electron chi connectivity index (χ0n) is 13.0. The monoisotopic (exact) mass is 296 g/mol. The lowest BCUT2D eigenvalue weighted by molar-refractivity contribution is -0.112. The molecule has 0 aliphatic carbocycles. The number of rotatable bonds is 4. The molecule has 1 atom stereocenters. The van der Waals surface area contributed by atoms with E-state index < -0.39 is 5.41 Å². The molecule has 2 aromatic rings. The van der Waals surface area contributed by atoms with Crippen LogP contribution >= 0.6 is 0 Å². The van der Waals surface area contributed by atoms with Gasteiger partial charge in [0.15, 0.2) is 11.5 Å². The second-order valence-electron chi connectivity index (χ2n) is 6.06. The lowest BCUT2D eigenvalue weighted by atomic mass is 9.78. The van der Waals surface area contributed by atoms with Crippen molar-refractivity contribution in [2.45, 2.75) is 25.7 Å². The summed E-state index contributed by atoms with van der Waals surface area (Å²) >= 11 is 0. The number of benzene rings is 2. The number of carbonyl (C=O) groups is 1. The number of hydrogen-bond acceptors (Lipinski definition) is 3. The fraction of sp³-hybridized carbons (Fsp3) is 0.316. The summed E-state index contributed by atoms with van der Waals surface area (Å²) in [5, 5.41) is 0. The Labute approximate surface area is 130 Å². The molecule has 0 fully saturated rings. The fourth-order valence-electron chi connectivity index (χ4n) is 2.77. The molecule has 0 bridgehead atoms. The quantitative estimate of drug-likeness (QED) is 0.811. The van der Waals surface area contributed by atoms with E-state index in [4.69, 9.17) is 9.47 Å². The van der Waals surface area contributed by atoms with Gasteiger partial charge >= 0.3 is 0 Å². The molecule has 3 rings (SSSR count). The van der Waals surface area contributed by atoms with Crippen LogP contribution in [0, 0.1) is 6.92 Å². The van der Waals surface area contributed by atoms with E-state index in [1.54, 1.807) is 0 Å². The smallest absolute Gasteiger partial charge is 0.161 e. The first kappa shape index (κ1) is 14.6. The van der Waals surface area contributed by atoms with Gasteiger partial charge < -0.3 is 14.3 Å². The van der Waals surface area contributed by atoms with Gasteiger partial charge in [-0.25, -0.2) is 0 Å². The summed E-state index contributed by atoms with van der Waals surface area (Å²) < 4.78 is 11.2. The second kappa shape index (κ2) is 5.84. The zero-order valence-corrected chi connectivity index (χ0v) is 13.0. The van der Waals surface area contributed by atoms with Crippen molar-refractivity contribution in [3.8, 4) is 11.5 Å². The molecule has 0 saturated carbocycles. The number of ether oxygens (including phenoxy) is 2. The van der Waals surface area contributed by atoms with Gasteiger partial charge in [-0.2, -0.15) is 0 Å². The molecule has 3 heteroatoms. The lowest BCUT2D eigenvalue weighted by Crippen LogP contribution is -2.27. The van der Waals surface area contributed by atoms with Crippen molar-refractivity contribution in [1.29, 1.82) is 0 Å². The molecule has 1 unspecified atom stereocenters. The average molecular weight is 296 g/mol. The molecule has 3 nitrogen and oxygen atoms in total. The van der Waals surface area contributed by atoms with Gasteiger partial charge in [-0.05, 0) is 43.5 Å². The Morgan fingerprint density at radius 1 is 1.05 bits per heavy atom. The van der Waals surface area contributed by atoms with Gasteiger partial charge in [0.25, 0.3) is 0 Å². The number of aldehydes is 1. The molecule has 1 aliphatic rings. The molecular weight excluding hydrogens is 276 g/mol. The van der Waals surface area contributed by atoms with Crippen molar-refractivity contribution in [3.63, 3.8) is 0 Å². The Bertz CT molecular complexity index is 676. The standard InChI is InChI=1S/C19H20O3/c1-14-3-6-16(7-4-14)19(2,13-20)12-15-5-8-17-18(11-15)22-10-9-21-17/h3-8,11,13H,9-10,12H2,1-2H3. The van der Waals surface area contributed by atoms with Crippen molar-refractivity contribution in [1.82, 2.24) is 0 Å². The zero-order chi connectivity index (χ0) is 15.6. The minimum absolute atomic E-state index is 0.544. The van der Waals surface area contributed by atoms with Crippen molar-refractivity contribution in [3.05, 3.63) is 59.2 Å². The Morgan fingerprint density at radius 3 is 2.41 bits per heavy atom. The van der Waals surface area contributed by atoms with Gasteiger partial charge in [-0.3, -0.25) is 0 Å². The van der Waals surface area contributed by atoms with E-state index in [0.717, 1.165) is 28.9 Å². The molecule has 0 N–H and O–H groups in total. The second-order valence-corrected chi connectivity index (χ2v) is 6.06. The van der Waals surface area contributed by atoms with E-state index >= 15 is 0 Å². The minimum atomic E-state index is -0.544. The largest absolute Gasteiger partial charge is 0.486 e. The number of carbonyl (C=O) groups excluding carboxylic acids is 1. The van der Waals surface area contributed by atoms with Crippen LogP contribution in [0.25, 0.3) is 0 Å². The summed E-state index contributed by atoms with van der Waals surface area (Å²) in [5.41, 5.74) is 2.75. The first-order valence-electron chi connectivity index (χ1n) is 7.53. The van der Waals surface area contributed by atoms with Crippen molar-refractivity contribution >= 4 is 6.29 Å². The topological polar surface area (TPSA) is 35.5 Å². The Morgan fingerprint density at radius 2 is 1.73 bits per heavy atom. The molecule has 2 aromatic carbocycles. The van der Waals surface area contributed by atoms with Crippen LogP contribution < -0.4 is 9.47 Å². The van der Waals surface area contributed by atoms with E-state index in [1.807, 2.05) is 56.3 Å². The summed E-state index contributed by atoms with van der Waals surface area (Å²) in [4.78, 5) is 11.7. The Balaban J connectivity index is 1.88.